The molecule has 1 aromatic heterocycles. The molecular weight excluding hydrogens is 331 g/mol. The van der Waals surface area contributed by atoms with E-state index in [0.29, 0.717) is 16.6 Å². The minimum atomic E-state index is -4.48. The van der Waals surface area contributed by atoms with Crippen molar-refractivity contribution in [3.8, 4) is 11.3 Å². The van der Waals surface area contributed by atoms with Gasteiger partial charge in [-0.1, -0.05) is 35.9 Å². The topological polar surface area (TPSA) is 39.2 Å². The van der Waals surface area contributed by atoms with Crippen molar-refractivity contribution in [1.29, 1.82) is 0 Å². The van der Waals surface area contributed by atoms with Crippen LogP contribution in [0.25, 0.3) is 22.2 Å². The van der Waals surface area contributed by atoms with Crippen LogP contribution in [-0.4, -0.2) is 18.1 Å². The van der Waals surface area contributed by atoms with Crippen molar-refractivity contribution in [3.05, 3.63) is 65.2 Å². The molecular formula is C19H14F3NO2. The van der Waals surface area contributed by atoms with Crippen molar-refractivity contribution in [1.82, 2.24) is 4.98 Å². The lowest BCUT2D eigenvalue weighted by Gasteiger charge is -2.11. The first kappa shape index (κ1) is 17.0. The fraction of sp³-hybridized carbons (Fsp3) is 0.158. The Kier molecular flexibility index (Phi) is 4.20. The number of fused-ring (bicyclic) bond motifs is 1. The number of hydrogen-bond acceptors (Lipinski definition) is 3. The van der Waals surface area contributed by atoms with E-state index in [0.717, 1.165) is 17.7 Å². The van der Waals surface area contributed by atoms with Crippen LogP contribution in [-0.2, 0) is 10.9 Å². The molecule has 1 heterocycles. The van der Waals surface area contributed by atoms with Gasteiger partial charge in [-0.3, -0.25) is 0 Å². The lowest BCUT2D eigenvalue weighted by molar-refractivity contribution is -0.137. The second-order valence-electron chi connectivity index (χ2n) is 5.64. The van der Waals surface area contributed by atoms with Gasteiger partial charge in [0.15, 0.2) is 0 Å². The molecule has 0 unspecified atom stereocenters. The molecule has 0 atom stereocenters. The van der Waals surface area contributed by atoms with Crippen molar-refractivity contribution in [2.75, 3.05) is 7.11 Å². The van der Waals surface area contributed by atoms with Crippen LogP contribution in [0, 0.1) is 6.92 Å². The first-order valence-corrected chi connectivity index (χ1v) is 7.47. The van der Waals surface area contributed by atoms with E-state index in [-0.39, 0.29) is 11.1 Å². The number of halogens is 3. The van der Waals surface area contributed by atoms with Crippen LogP contribution in [0.4, 0.5) is 13.2 Å². The van der Waals surface area contributed by atoms with E-state index in [1.807, 2.05) is 19.1 Å². The van der Waals surface area contributed by atoms with E-state index in [2.05, 4.69) is 4.98 Å². The summed E-state index contributed by atoms with van der Waals surface area (Å²) in [5.41, 5.74) is 1.61. The fourth-order valence-corrected chi connectivity index (χ4v) is 2.56. The predicted molar refractivity (Wildman–Crippen MR) is 88.3 cm³/mol. The van der Waals surface area contributed by atoms with Crippen molar-refractivity contribution >= 4 is 16.9 Å². The second kappa shape index (κ2) is 6.20. The van der Waals surface area contributed by atoms with Gasteiger partial charge in [0.1, 0.15) is 0 Å². The molecule has 0 aliphatic carbocycles. The first-order valence-electron chi connectivity index (χ1n) is 7.47. The van der Waals surface area contributed by atoms with E-state index in [4.69, 9.17) is 4.74 Å². The van der Waals surface area contributed by atoms with Gasteiger partial charge >= 0.3 is 12.1 Å². The SMILES string of the molecule is COC(=O)c1cc(-c2ccc(C)cc2)nc2cc(C(F)(F)F)ccc12. The zero-order valence-corrected chi connectivity index (χ0v) is 13.5. The lowest BCUT2D eigenvalue weighted by Crippen LogP contribution is -2.07. The number of hydrogen-bond donors (Lipinski definition) is 0. The quantitative estimate of drug-likeness (QED) is 0.613. The smallest absolute Gasteiger partial charge is 0.416 e. The minimum absolute atomic E-state index is 0.0910. The Labute approximate surface area is 142 Å². The van der Waals surface area contributed by atoms with Gasteiger partial charge in [0.05, 0.1) is 29.4 Å². The first-order chi connectivity index (χ1) is 11.8. The molecule has 0 saturated heterocycles. The molecule has 128 valence electrons. The van der Waals surface area contributed by atoms with Gasteiger partial charge in [0, 0.05) is 10.9 Å². The van der Waals surface area contributed by atoms with Gasteiger partial charge in [0.25, 0.3) is 0 Å². The average Bonchev–Trinajstić information content (AvgIpc) is 2.59. The number of carbonyl (C=O) groups is 1. The highest BCUT2D eigenvalue weighted by atomic mass is 19.4. The minimum Gasteiger partial charge on any atom is -0.465 e. The Balaban J connectivity index is 2.27. The molecule has 0 aliphatic rings. The third-order valence-electron chi connectivity index (χ3n) is 3.89. The Morgan fingerprint density at radius 1 is 1.04 bits per heavy atom. The Morgan fingerprint density at radius 3 is 2.32 bits per heavy atom. The molecule has 25 heavy (non-hydrogen) atoms. The van der Waals surface area contributed by atoms with Gasteiger partial charge in [-0.2, -0.15) is 13.2 Å². The number of alkyl halides is 3. The van der Waals surface area contributed by atoms with Crippen molar-refractivity contribution in [3.63, 3.8) is 0 Å². The molecule has 3 rings (SSSR count). The zero-order chi connectivity index (χ0) is 18.2. The van der Waals surface area contributed by atoms with Gasteiger partial charge in [-0.15, -0.1) is 0 Å². The van der Waals surface area contributed by atoms with Crippen molar-refractivity contribution < 1.29 is 22.7 Å². The average molecular weight is 345 g/mol. The van der Waals surface area contributed by atoms with Crippen LogP contribution < -0.4 is 0 Å². The number of aromatic nitrogens is 1. The number of rotatable bonds is 2. The summed E-state index contributed by atoms with van der Waals surface area (Å²) in [4.78, 5) is 16.4. The van der Waals surface area contributed by atoms with Crippen LogP contribution in [0.5, 0.6) is 0 Å². The van der Waals surface area contributed by atoms with Gasteiger partial charge in [0.2, 0.25) is 0 Å². The normalized spacial score (nSPS) is 11.6. The van der Waals surface area contributed by atoms with E-state index >= 15 is 0 Å². The molecule has 2 aromatic carbocycles. The van der Waals surface area contributed by atoms with Crippen LogP contribution in [0.1, 0.15) is 21.5 Å². The molecule has 0 spiro atoms. The monoisotopic (exact) mass is 345 g/mol. The molecule has 3 aromatic rings. The van der Waals surface area contributed by atoms with E-state index in [9.17, 15) is 18.0 Å². The van der Waals surface area contributed by atoms with Gasteiger partial charge < -0.3 is 4.74 Å². The summed E-state index contributed by atoms with van der Waals surface area (Å²) in [5, 5.41) is 0.315. The summed E-state index contributed by atoms with van der Waals surface area (Å²) in [5.74, 6) is -0.625. The highest BCUT2D eigenvalue weighted by Gasteiger charge is 2.31. The number of esters is 1. The number of methoxy groups -OCH3 is 1. The highest BCUT2D eigenvalue weighted by Crippen LogP contribution is 2.33. The lowest BCUT2D eigenvalue weighted by atomic mass is 10.0. The molecule has 0 fully saturated rings. The number of pyridine rings is 1. The van der Waals surface area contributed by atoms with Gasteiger partial charge in [-0.25, -0.2) is 9.78 Å². The Bertz CT molecular complexity index is 947. The standard InChI is InChI=1S/C19H14F3NO2/c1-11-3-5-12(6-4-11)16-10-15(18(24)25-2)14-8-7-13(19(20,21)22)9-17(14)23-16/h3-10H,1-2H3. The summed E-state index contributed by atoms with van der Waals surface area (Å²) in [6, 6.07) is 12.0. The molecule has 3 nitrogen and oxygen atoms in total. The molecule has 0 bridgehead atoms. The number of nitrogens with zero attached hydrogens (tertiary/aromatic N) is 1. The predicted octanol–water partition coefficient (Wildman–Crippen LogP) is 5.02. The third kappa shape index (κ3) is 3.33. The highest BCUT2D eigenvalue weighted by molar-refractivity contribution is 6.04. The summed E-state index contributed by atoms with van der Waals surface area (Å²) in [6.45, 7) is 1.92. The molecule has 0 N–H and O–H groups in total. The maximum Gasteiger partial charge on any atom is 0.416 e. The number of ether oxygens (including phenoxy) is 1. The largest absolute Gasteiger partial charge is 0.465 e. The van der Waals surface area contributed by atoms with E-state index in [1.165, 1.54) is 19.2 Å². The molecule has 6 heteroatoms. The Morgan fingerprint density at radius 2 is 1.72 bits per heavy atom. The van der Waals surface area contributed by atoms with Crippen LogP contribution in [0.2, 0.25) is 0 Å². The summed E-state index contributed by atoms with van der Waals surface area (Å²) < 4.78 is 43.7. The molecule has 0 aliphatic heterocycles. The maximum atomic E-state index is 13.0. The molecule has 0 radical (unpaired) electrons. The Hall–Kier alpha value is -2.89. The van der Waals surface area contributed by atoms with Crippen molar-refractivity contribution in [2.45, 2.75) is 13.1 Å². The van der Waals surface area contributed by atoms with Gasteiger partial charge in [-0.05, 0) is 25.1 Å². The van der Waals surface area contributed by atoms with Crippen molar-refractivity contribution in [2.24, 2.45) is 0 Å². The van der Waals surface area contributed by atoms with Crippen LogP contribution >= 0.6 is 0 Å². The third-order valence-corrected chi connectivity index (χ3v) is 3.89. The number of aryl methyl sites for hydroxylation is 1. The molecule has 0 saturated carbocycles. The van der Waals surface area contributed by atoms with E-state index < -0.39 is 17.7 Å². The fourth-order valence-electron chi connectivity index (χ4n) is 2.56. The zero-order valence-electron chi connectivity index (χ0n) is 13.5. The summed E-state index contributed by atoms with van der Waals surface area (Å²) in [6.07, 6.45) is -4.48. The number of benzene rings is 2. The maximum absolute atomic E-state index is 13.0. The summed E-state index contributed by atoms with van der Waals surface area (Å²) in [7, 11) is 1.23. The second-order valence-corrected chi connectivity index (χ2v) is 5.64. The molecule has 0 amide bonds. The van der Waals surface area contributed by atoms with Crippen LogP contribution in [0.3, 0.4) is 0 Å². The number of carbonyl (C=O) groups excluding carboxylic acids is 1. The van der Waals surface area contributed by atoms with Crippen LogP contribution in [0.15, 0.2) is 48.5 Å². The van der Waals surface area contributed by atoms with E-state index in [1.54, 1.807) is 12.1 Å². The summed E-state index contributed by atoms with van der Waals surface area (Å²) >= 11 is 0.